The number of para-hydroxylation sites is 2. The van der Waals surface area contributed by atoms with Gasteiger partial charge in [-0.15, -0.1) is 0 Å². The Morgan fingerprint density at radius 3 is 2.16 bits per heavy atom. The zero-order valence-electron chi connectivity index (χ0n) is 25.8. The lowest BCUT2D eigenvalue weighted by Gasteiger charge is -2.41. The maximum atomic E-state index is 15.3. The Labute approximate surface area is 228 Å². The summed E-state index contributed by atoms with van der Waals surface area (Å²) in [6.07, 6.45) is 4.25. The highest BCUT2D eigenvalue weighted by atomic mass is 32.2. The maximum Gasteiger partial charge on any atom is 0.152 e. The Balaban J connectivity index is 0.000000814. The number of hydrogen-bond acceptors (Lipinski definition) is 3. The Bertz CT molecular complexity index is 1700. The molecule has 188 valence electrons. The monoisotopic (exact) mass is 533 g/mol. The minimum Gasteiger partial charge on any atom is -0.412 e. The molecule has 0 fully saturated rings. The molecule has 4 atom stereocenters. The van der Waals surface area contributed by atoms with E-state index in [0.717, 1.165) is 22.4 Å². The molecule has 4 aromatic rings. The van der Waals surface area contributed by atoms with Gasteiger partial charge in [0.15, 0.2) is 7.14 Å². The van der Waals surface area contributed by atoms with Crippen molar-refractivity contribution in [1.29, 1.82) is 0 Å². The molecule has 2 N–H and O–H groups in total. The predicted octanol–water partition coefficient (Wildman–Crippen LogP) is 5.72. The van der Waals surface area contributed by atoms with Crippen LogP contribution >= 0.6 is 7.14 Å². The standard InChI is InChI=1S/C31H24NO2PS.H2O.2H2/c33-35(25-12-2-1-3-13-25)28-16-8-9-17-30(28)36(34)31-19-18-24(21-29(31)35)32-26-14-6-4-10-22(26)20-23-11-5-7-15-27(23)32;;;/h1-19,21,29,31H,20H2;1H2;2*1H/i20D2;;2*1+1D. The first-order valence-electron chi connectivity index (χ1n) is 15.0. The van der Waals surface area contributed by atoms with Crippen LogP contribution in [0.25, 0.3) is 0 Å². The van der Waals surface area contributed by atoms with Gasteiger partial charge < -0.3 is 14.9 Å². The van der Waals surface area contributed by atoms with Gasteiger partial charge in [-0.1, -0.05) is 84.9 Å². The summed E-state index contributed by atoms with van der Waals surface area (Å²) >= 11 is 0. The van der Waals surface area contributed by atoms with Crippen LogP contribution in [0.3, 0.4) is 0 Å². The summed E-state index contributed by atoms with van der Waals surface area (Å²) in [7, 11) is -4.59. The lowest BCUT2D eigenvalue weighted by Crippen LogP contribution is -2.43. The number of fused-ring (bicyclic) bond motifs is 4. The van der Waals surface area contributed by atoms with Crippen LogP contribution in [0.5, 0.6) is 0 Å². The molecule has 0 aromatic heterocycles. The van der Waals surface area contributed by atoms with E-state index in [1.165, 1.54) is 0 Å². The molecule has 7 rings (SSSR count). The molecule has 4 nitrogen and oxygen atoms in total. The molecular formula is C31H30NO3PS. The van der Waals surface area contributed by atoms with Crippen LogP contribution in [0.4, 0.5) is 11.4 Å². The maximum absolute atomic E-state index is 15.3. The van der Waals surface area contributed by atoms with E-state index in [2.05, 4.69) is 4.90 Å². The fraction of sp³-hybridized carbons (Fsp3) is 0.0968. The quantitative estimate of drug-likeness (QED) is 0.310. The molecule has 4 aromatic carbocycles. The van der Waals surface area contributed by atoms with Gasteiger partial charge in [-0.2, -0.15) is 0 Å². The summed E-state index contributed by atoms with van der Waals surface area (Å²) in [4.78, 5) is 2.70. The smallest absolute Gasteiger partial charge is 0.152 e. The largest absolute Gasteiger partial charge is 0.412 e. The van der Waals surface area contributed by atoms with Gasteiger partial charge >= 0.3 is 0 Å². The first kappa shape index (κ1) is 19.6. The first-order chi connectivity index (χ1) is 20.4. The SMILES string of the molecule is O.[2H]C1([2H])c2ccccc2N(C2=CC3C(C=C2)S(=O)c2ccccc2P3(=O)c2ccccc2)c2ccccc21.[2H][2H].[2H][2H]. The topological polar surface area (TPSA) is 68.9 Å². The van der Waals surface area contributed by atoms with Gasteiger partial charge in [-0.3, -0.25) is 4.21 Å². The van der Waals surface area contributed by atoms with E-state index in [4.69, 9.17) is 8.68 Å². The third kappa shape index (κ3) is 3.53. The molecule has 2 heterocycles. The summed E-state index contributed by atoms with van der Waals surface area (Å²) in [6.45, 7) is 0. The van der Waals surface area contributed by atoms with Crippen molar-refractivity contribution < 1.29 is 22.9 Å². The second-order valence-electron chi connectivity index (χ2n) is 9.16. The summed E-state index contributed by atoms with van der Waals surface area (Å²) in [6, 6.07) is 32.0. The van der Waals surface area contributed by atoms with Crippen LogP contribution < -0.4 is 15.5 Å². The van der Waals surface area contributed by atoms with Crippen molar-refractivity contribution in [3.8, 4) is 0 Å². The van der Waals surface area contributed by atoms with E-state index < -0.39 is 35.2 Å². The van der Waals surface area contributed by atoms with Crippen molar-refractivity contribution in [2.45, 2.75) is 22.2 Å². The van der Waals surface area contributed by atoms with Gasteiger partial charge in [0.2, 0.25) is 0 Å². The van der Waals surface area contributed by atoms with Crippen molar-refractivity contribution in [2.24, 2.45) is 0 Å². The zero-order chi connectivity index (χ0) is 30.1. The molecule has 0 saturated carbocycles. The summed E-state index contributed by atoms with van der Waals surface area (Å²) in [5.74, 6) is 0. The lowest BCUT2D eigenvalue weighted by molar-refractivity contribution is 0.580. The fourth-order valence-corrected chi connectivity index (χ4v) is 11.6. The van der Waals surface area contributed by atoms with Crippen LogP contribution in [-0.2, 0) is 21.7 Å². The third-order valence-corrected chi connectivity index (χ3v) is 12.8. The molecule has 6 heteroatoms. The second kappa shape index (κ2) is 9.11. The average molecular weight is 534 g/mol. The van der Waals surface area contributed by atoms with Crippen LogP contribution in [0.2, 0.25) is 0 Å². The number of benzene rings is 4. The van der Waals surface area contributed by atoms with Gasteiger partial charge in [-0.25, -0.2) is 0 Å². The molecule has 37 heavy (non-hydrogen) atoms. The highest BCUT2D eigenvalue weighted by Gasteiger charge is 2.49. The van der Waals surface area contributed by atoms with Crippen LogP contribution in [0, 0.1) is 0 Å². The lowest BCUT2D eigenvalue weighted by atomic mass is 9.94. The number of hydrogen-bond donors (Lipinski definition) is 0. The molecule has 4 unspecified atom stereocenters. The molecule has 2 aliphatic heterocycles. The molecule has 0 spiro atoms. The van der Waals surface area contributed by atoms with Gasteiger partial charge in [0.05, 0.1) is 26.6 Å². The highest BCUT2D eigenvalue weighted by molar-refractivity contribution is 7.91. The summed E-state index contributed by atoms with van der Waals surface area (Å²) in [5.41, 5.74) is 2.96. The van der Waals surface area contributed by atoms with Gasteiger partial charge in [-0.05, 0) is 47.5 Å². The van der Waals surface area contributed by atoms with E-state index in [0.29, 0.717) is 21.3 Å². The minimum atomic E-state index is -3.23. The Morgan fingerprint density at radius 1 is 0.865 bits per heavy atom. The average Bonchev–Trinajstić information content (AvgIpc) is 3.06. The van der Waals surface area contributed by atoms with Gasteiger partial charge in [0, 0.05) is 42.7 Å². The third-order valence-electron chi connectivity index (χ3n) is 7.20. The van der Waals surface area contributed by atoms with E-state index in [1.54, 1.807) is 0 Å². The van der Waals surface area contributed by atoms with Crippen LogP contribution in [-0.4, -0.2) is 20.6 Å². The van der Waals surface area contributed by atoms with Crippen molar-refractivity contribution in [1.82, 2.24) is 0 Å². The van der Waals surface area contributed by atoms with E-state index in [9.17, 15) is 4.21 Å². The fourth-order valence-electron chi connectivity index (χ4n) is 5.56. The summed E-state index contributed by atoms with van der Waals surface area (Å²) < 4.78 is 67.0. The Hall–Kier alpha value is -3.50. The van der Waals surface area contributed by atoms with E-state index >= 15 is 4.57 Å². The minimum absolute atomic E-state index is 0. The normalized spacial score (nSPS) is 27.6. The molecule has 0 bridgehead atoms. The van der Waals surface area contributed by atoms with Crippen LogP contribution in [0.15, 0.2) is 132 Å². The number of rotatable bonds is 2. The molecule has 0 radical (unpaired) electrons. The summed E-state index contributed by atoms with van der Waals surface area (Å²) in [5, 5.41) is 0.981. The van der Waals surface area contributed by atoms with Gasteiger partial charge in [0.25, 0.3) is 0 Å². The zero-order valence-corrected chi connectivity index (χ0v) is 21.5. The first-order valence-corrected chi connectivity index (χ1v) is 15.0. The highest BCUT2D eigenvalue weighted by Crippen LogP contribution is 2.57. The molecular weight excluding hydrogens is 497 g/mol. The van der Waals surface area contributed by atoms with Crippen molar-refractivity contribution in [3.63, 3.8) is 0 Å². The van der Waals surface area contributed by atoms with Crippen molar-refractivity contribution in [3.05, 3.63) is 138 Å². The van der Waals surface area contributed by atoms with E-state index in [1.807, 2.05) is 121 Å². The Morgan fingerprint density at radius 2 is 1.46 bits per heavy atom. The predicted molar refractivity (Wildman–Crippen MR) is 157 cm³/mol. The second-order valence-corrected chi connectivity index (χ2v) is 13.6. The van der Waals surface area contributed by atoms with E-state index in [-0.39, 0.29) is 5.48 Å². The van der Waals surface area contributed by atoms with Crippen molar-refractivity contribution >= 4 is 39.9 Å². The number of nitrogens with zero attached hydrogens (tertiary/aromatic N) is 1. The van der Waals surface area contributed by atoms with Crippen LogP contribution in [0.1, 0.15) is 19.8 Å². The van der Waals surface area contributed by atoms with Crippen molar-refractivity contribution in [2.75, 3.05) is 4.90 Å². The molecule has 3 aliphatic rings. The van der Waals surface area contributed by atoms with Gasteiger partial charge in [0.1, 0.15) is 0 Å². The molecule has 1 aliphatic carbocycles. The number of anilines is 2. The molecule has 0 saturated heterocycles. The molecule has 0 amide bonds. The Kier molecular flexibility index (Phi) is 4.82. The number of allylic oxidation sites excluding steroid dienone is 2.